The summed E-state index contributed by atoms with van der Waals surface area (Å²) in [5.74, 6) is 0. The van der Waals surface area contributed by atoms with E-state index in [0.717, 1.165) is 6.54 Å². The lowest BCUT2D eigenvalue weighted by Gasteiger charge is -2.33. The van der Waals surface area contributed by atoms with E-state index in [2.05, 4.69) is 20.8 Å². The zero-order valence-corrected chi connectivity index (χ0v) is 21.8. The third kappa shape index (κ3) is 18.7. The number of hydrogen-bond donors (Lipinski definition) is 1. The summed E-state index contributed by atoms with van der Waals surface area (Å²) in [6.07, 6.45) is 34.0. The highest BCUT2D eigenvalue weighted by Crippen LogP contribution is 2.36. The molecule has 0 atom stereocenters. The second-order valence-electron chi connectivity index (χ2n) is 10.3. The Hall–Kier alpha value is -0.0400. The lowest BCUT2D eigenvalue weighted by atomic mass is 9.74. The molecule has 0 aromatic heterocycles. The molecule has 30 heavy (non-hydrogen) atoms. The van der Waals surface area contributed by atoms with Gasteiger partial charge in [0.1, 0.15) is 0 Å². The summed E-state index contributed by atoms with van der Waals surface area (Å²) in [6, 6.07) is 0. The highest BCUT2D eigenvalue weighted by Gasteiger charge is 2.27. The summed E-state index contributed by atoms with van der Waals surface area (Å²) in [4.78, 5) is 0. The van der Waals surface area contributed by atoms with Crippen molar-refractivity contribution in [3.05, 3.63) is 0 Å². The van der Waals surface area contributed by atoms with Gasteiger partial charge in [-0.15, -0.1) is 0 Å². The number of nitrogens with two attached hydrogens (primary N) is 1. The fourth-order valence-electron chi connectivity index (χ4n) is 5.05. The van der Waals surface area contributed by atoms with Crippen molar-refractivity contribution in [3.63, 3.8) is 0 Å². The van der Waals surface area contributed by atoms with E-state index in [1.54, 1.807) is 0 Å². The number of unbranched alkanes of at least 4 members (excludes halogenated alkanes) is 18. The fourth-order valence-corrected chi connectivity index (χ4v) is 5.05. The third-order valence-electron chi connectivity index (χ3n) is 7.36. The first-order valence-electron chi connectivity index (χ1n) is 14.4. The van der Waals surface area contributed by atoms with Crippen LogP contribution in [0.2, 0.25) is 0 Å². The molecule has 1 nitrogen and oxygen atoms in total. The quantitative estimate of drug-likeness (QED) is 0.145. The van der Waals surface area contributed by atoms with Crippen LogP contribution in [0.3, 0.4) is 0 Å². The maximum absolute atomic E-state index is 6.45. The van der Waals surface area contributed by atoms with Gasteiger partial charge < -0.3 is 5.73 Å². The fraction of sp³-hybridized carbons (Fsp3) is 1.00. The Kier molecular flexibility index (Phi) is 23.6. The standard InChI is InChI=1S/C29H61N/c1-4-7-10-13-16-19-22-25-29(28-30,26-23-20-17-14-11-8-5-2)27-24-21-18-15-12-9-6-3/h4-28,30H2,1-3H3. The second kappa shape index (κ2) is 23.6. The van der Waals surface area contributed by atoms with E-state index in [1.165, 1.54) is 154 Å². The van der Waals surface area contributed by atoms with E-state index in [4.69, 9.17) is 5.73 Å². The molecule has 0 saturated carbocycles. The molecule has 0 aliphatic heterocycles. The summed E-state index contributed by atoms with van der Waals surface area (Å²) < 4.78 is 0. The summed E-state index contributed by atoms with van der Waals surface area (Å²) in [6.45, 7) is 7.85. The van der Waals surface area contributed by atoms with Crippen LogP contribution in [0, 0.1) is 5.41 Å². The minimum atomic E-state index is 0.455. The summed E-state index contributed by atoms with van der Waals surface area (Å²) in [5, 5.41) is 0. The van der Waals surface area contributed by atoms with Gasteiger partial charge in [-0.05, 0) is 31.2 Å². The van der Waals surface area contributed by atoms with E-state index in [1.807, 2.05) is 0 Å². The number of rotatable bonds is 25. The van der Waals surface area contributed by atoms with Crippen LogP contribution in [0.25, 0.3) is 0 Å². The van der Waals surface area contributed by atoms with Gasteiger partial charge in [-0.25, -0.2) is 0 Å². The molecular weight excluding hydrogens is 362 g/mol. The predicted octanol–water partition coefficient (Wildman–Crippen LogP) is 10.4. The average molecular weight is 424 g/mol. The molecule has 0 rings (SSSR count). The largest absolute Gasteiger partial charge is 0.330 e. The molecule has 0 aromatic rings. The summed E-state index contributed by atoms with van der Waals surface area (Å²) >= 11 is 0. The summed E-state index contributed by atoms with van der Waals surface area (Å²) in [5.41, 5.74) is 6.90. The minimum absolute atomic E-state index is 0.455. The van der Waals surface area contributed by atoms with Crippen LogP contribution in [0.15, 0.2) is 0 Å². The van der Waals surface area contributed by atoms with Gasteiger partial charge in [0.15, 0.2) is 0 Å². The van der Waals surface area contributed by atoms with Crippen molar-refractivity contribution in [1.82, 2.24) is 0 Å². The van der Waals surface area contributed by atoms with E-state index < -0.39 is 0 Å². The molecular formula is C29H61N. The van der Waals surface area contributed by atoms with Gasteiger partial charge in [-0.2, -0.15) is 0 Å². The molecule has 0 bridgehead atoms. The van der Waals surface area contributed by atoms with E-state index in [-0.39, 0.29) is 0 Å². The molecule has 0 saturated heterocycles. The Labute approximate surface area is 192 Å². The van der Waals surface area contributed by atoms with Gasteiger partial charge in [0.2, 0.25) is 0 Å². The molecule has 0 aliphatic rings. The second-order valence-corrected chi connectivity index (χ2v) is 10.3. The van der Waals surface area contributed by atoms with Crippen LogP contribution >= 0.6 is 0 Å². The lowest BCUT2D eigenvalue weighted by Crippen LogP contribution is -2.31. The van der Waals surface area contributed by atoms with Gasteiger partial charge in [-0.1, -0.05) is 156 Å². The first kappa shape index (κ1) is 30.0. The zero-order chi connectivity index (χ0) is 22.2. The van der Waals surface area contributed by atoms with E-state index in [0.29, 0.717) is 5.41 Å². The maximum Gasteiger partial charge on any atom is -0.00205 e. The Bertz CT molecular complexity index is 266. The first-order chi connectivity index (χ1) is 14.7. The van der Waals surface area contributed by atoms with Crippen molar-refractivity contribution in [3.8, 4) is 0 Å². The van der Waals surface area contributed by atoms with Crippen molar-refractivity contribution in [2.45, 2.75) is 175 Å². The molecule has 0 unspecified atom stereocenters. The maximum atomic E-state index is 6.45. The van der Waals surface area contributed by atoms with Crippen LogP contribution in [-0.4, -0.2) is 6.54 Å². The Morgan fingerprint density at radius 2 is 0.600 bits per heavy atom. The van der Waals surface area contributed by atoms with Gasteiger partial charge in [0.25, 0.3) is 0 Å². The summed E-state index contributed by atoms with van der Waals surface area (Å²) in [7, 11) is 0. The molecule has 0 aliphatic carbocycles. The SMILES string of the molecule is CCCCCCCCCC(CN)(CCCCCCCCC)CCCCCCCCC. The van der Waals surface area contributed by atoms with Crippen LogP contribution in [-0.2, 0) is 0 Å². The Morgan fingerprint density at radius 3 is 0.833 bits per heavy atom. The molecule has 2 N–H and O–H groups in total. The molecule has 0 aromatic carbocycles. The minimum Gasteiger partial charge on any atom is -0.330 e. The van der Waals surface area contributed by atoms with Crippen molar-refractivity contribution >= 4 is 0 Å². The third-order valence-corrected chi connectivity index (χ3v) is 7.36. The Balaban J connectivity index is 4.23. The normalized spacial score (nSPS) is 12.0. The predicted molar refractivity (Wildman–Crippen MR) is 139 cm³/mol. The average Bonchev–Trinajstić information content (AvgIpc) is 2.76. The molecule has 1 heteroatoms. The van der Waals surface area contributed by atoms with Gasteiger partial charge in [0.05, 0.1) is 0 Å². The van der Waals surface area contributed by atoms with Crippen LogP contribution in [0.4, 0.5) is 0 Å². The van der Waals surface area contributed by atoms with Crippen LogP contribution in [0.1, 0.15) is 175 Å². The van der Waals surface area contributed by atoms with Crippen molar-refractivity contribution in [2.24, 2.45) is 11.1 Å². The smallest absolute Gasteiger partial charge is 0.00205 e. The van der Waals surface area contributed by atoms with Crippen LogP contribution < -0.4 is 5.73 Å². The van der Waals surface area contributed by atoms with Crippen LogP contribution in [0.5, 0.6) is 0 Å². The highest BCUT2D eigenvalue weighted by atomic mass is 14.6. The zero-order valence-electron chi connectivity index (χ0n) is 21.8. The van der Waals surface area contributed by atoms with Crippen molar-refractivity contribution in [1.29, 1.82) is 0 Å². The topological polar surface area (TPSA) is 26.0 Å². The molecule has 182 valence electrons. The van der Waals surface area contributed by atoms with Gasteiger partial charge in [-0.3, -0.25) is 0 Å². The Morgan fingerprint density at radius 1 is 0.367 bits per heavy atom. The van der Waals surface area contributed by atoms with Crippen molar-refractivity contribution in [2.75, 3.05) is 6.54 Å². The van der Waals surface area contributed by atoms with E-state index >= 15 is 0 Å². The van der Waals surface area contributed by atoms with Gasteiger partial charge >= 0.3 is 0 Å². The molecule has 0 amide bonds. The lowest BCUT2D eigenvalue weighted by molar-refractivity contribution is 0.204. The molecule has 0 radical (unpaired) electrons. The highest BCUT2D eigenvalue weighted by molar-refractivity contribution is 4.81. The van der Waals surface area contributed by atoms with Crippen molar-refractivity contribution < 1.29 is 0 Å². The number of hydrogen-bond acceptors (Lipinski definition) is 1. The monoisotopic (exact) mass is 423 g/mol. The van der Waals surface area contributed by atoms with Gasteiger partial charge in [0, 0.05) is 0 Å². The molecule has 0 spiro atoms. The first-order valence-corrected chi connectivity index (χ1v) is 14.4. The van der Waals surface area contributed by atoms with E-state index in [9.17, 15) is 0 Å². The molecule has 0 heterocycles. The molecule has 0 fully saturated rings.